The van der Waals surface area contributed by atoms with Gasteiger partial charge < -0.3 is 9.80 Å². The van der Waals surface area contributed by atoms with Gasteiger partial charge in [-0.3, -0.25) is 10.00 Å². The lowest BCUT2D eigenvalue weighted by Crippen LogP contribution is -2.69. The first-order valence-corrected chi connectivity index (χ1v) is 15.0. The number of aromatic nitrogens is 3. The third-order valence-electron chi connectivity index (χ3n) is 9.32. The van der Waals surface area contributed by atoms with Crippen molar-refractivity contribution in [1.29, 1.82) is 0 Å². The Morgan fingerprint density at radius 3 is 2.23 bits per heavy atom. The van der Waals surface area contributed by atoms with Crippen LogP contribution in [0.15, 0.2) is 29.2 Å². The fourth-order valence-electron chi connectivity index (χ4n) is 7.02. The van der Waals surface area contributed by atoms with E-state index in [4.69, 9.17) is 4.98 Å². The maximum atomic E-state index is 13.0. The summed E-state index contributed by atoms with van der Waals surface area (Å²) in [5, 5.41) is 7.52. The first-order chi connectivity index (χ1) is 18.4. The maximum absolute atomic E-state index is 13.0. The van der Waals surface area contributed by atoms with Crippen LogP contribution in [0.1, 0.15) is 61.2 Å². The molecule has 9 nitrogen and oxygen atoms in total. The highest BCUT2D eigenvalue weighted by atomic mass is 32.2. The van der Waals surface area contributed by atoms with E-state index in [-0.39, 0.29) is 16.9 Å². The molecule has 3 aliphatic heterocycles. The Hall–Kier alpha value is -2.67. The van der Waals surface area contributed by atoms with Crippen LogP contribution >= 0.6 is 0 Å². The van der Waals surface area contributed by atoms with Gasteiger partial charge in [-0.2, -0.15) is 18.3 Å². The van der Waals surface area contributed by atoms with E-state index in [0.29, 0.717) is 18.4 Å². The number of hydrogen-bond donors (Lipinski definition) is 1. The lowest BCUT2D eigenvalue weighted by molar-refractivity contribution is -0.0698. The zero-order chi connectivity index (χ0) is 27.2. The predicted molar refractivity (Wildman–Crippen MR) is 133 cm³/mol. The summed E-state index contributed by atoms with van der Waals surface area (Å²) in [6.07, 6.45) is 5.45. The quantitative estimate of drug-likeness (QED) is 0.597. The number of likely N-dealkylation sites (tertiary alicyclic amines) is 3. The van der Waals surface area contributed by atoms with Crippen molar-refractivity contribution in [2.24, 2.45) is 10.8 Å². The van der Waals surface area contributed by atoms with Crippen LogP contribution in [0.25, 0.3) is 0 Å². The molecule has 0 unspecified atom stereocenters. The van der Waals surface area contributed by atoms with Crippen molar-refractivity contribution >= 4 is 15.9 Å². The van der Waals surface area contributed by atoms with Crippen molar-refractivity contribution < 1.29 is 26.4 Å². The van der Waals surface area contributed by atoms with Crippen molar-refractivity contribution in [2.75, 3.05) is 39.3 Å². The van der Waals surface area contributed by atoms with Crippen LogP contribution in [-0.2, 0) is 16.4 Å². The zero-order valence-corrected chi connectivity index (χ0v) is 22.3. The Morgan fingerprint density at radius 1 is 0.974 bits per heavy atom. The molecule has 5 fully saturated rings. The standard InChI is InChI=1S/C26H31F3N6O3S/c27-26(28,29)39(37,38)20-5-1-17(2-6-20)11-33-8-7-24(12-33)13-34(14-24)23(36)35-15-25(16-35)9-19(10-25)22-30-21(31-32-22)18-3-4-18/h1-2,5-6,18-19H,3-4,7-16H2,(H,30,31,32). The van der Waals surface area contributed by atoms with E-state index in [9.17, 15) is 26.4 Å². The summed E-state index contributed by atoms with van der Waals surface area (Å²) in [4.78, 5) is 23.1. The molecule has 4 heterocycles. The molecular formula is C26H31F3N6O3S. The van der Waals surface area contributed by atoms with E-state index in [1.54, 1.807) is 0 Å². The van der Waals surface area contributed by atoms with Crippen molar-refractivity contribution in [3.05, 3.63) is 41.5 Å². The monoisotopic (exact) mass is 564 g/mol. The molecule has 2 aliphatic carbocycles. The summed E-state index contributed by atoms with van der Waals surface area (Å²) in [5.74, 6) is 2.93. The van der Waals surface area contributed by atoms with Gasteiger partial charge in [-0.1, -0.05) is 12.1 Å². The van der Waals surface area contributed by atoms with Crippen LogP contribution in [0.4, 0.5) is 18.0 Å². The molecular weight excluding hydrogens is 533 g/mol. The molecule has 210 valence electrons. The lowest BCUT2D eigenvalue weighted by Gasteiger charge is -2.60. The number of benzene rings is 1. The van der Waals surface area contributed by atoms with Crippen LogP contribution in [0.3, 0.4) is 0 Å². The number of rotatable bonds is 5. The molecule has 3 saturated heterocycles. The minimum atomic E-state index is -5.34. The predicted octanol–water partition coefficient (Wildman–Crippen LogP) is 3.48. The third kappa shape index (κ3) is 4.32. The van der Waals surface area contributed by atoms with Crippen molar-refractivity contribution in [1.82, 2.24) is 29.9 Å². The number of carbonyl (C=O) groups excluding carboxylic acids is 1. The number of sulfone groups is 1. The minimum absolute atomic E-state index is 0.0598. The second kappa shape index (κ2) is 8.42. The van der Waals surface area contributed by atoms with Crippen molar-refractivity contribution in [3.63, 3.8) is 0 Å². The Bertz CT molecular complexity index is 1380. The molecule has 2 spiro atoms. The number of aromatic amines is 1. The fourth-order valence-corrected chi connectivity index (χ4v) is 7.78. The summed E-state index contributed by atoms with van der Waals surface area (Å²) in [6.45, 7) is 5.23. The van der Waals surface area contributed by atoms with Gasteiger partial charge in [0.25, 0.3) is 9.84 Å². The van der Waals surface area contributed by atoms with Gasteiger partial charge >= 0.3 is 11.5 Å². The van der Waals surface area contributed by atoms with Gasteiger partial charge in [0.15, 0.2) is 5.82 Å². The first kappa shape index (κ1) is 25.3. The summed E-state index contributed by atoms with van der Waals surface area (Å²) in [6, 6.07) is 5.05. The number of carbonyl (C=O) groups is 1. The number of nitrogens with one attached hydrogen (secondary N) is 1. The topological polar surface area (TPSA) is 102 Å². The summed E-state index contributed by atoms with van der Waals surface area (Å²) >= 11 is 0. The van der Waals surface area contributed by atoms with Gasteiger partial charge in [0.2, 0.25) is 0 Å². The number of halogens is 3. The number of H-pyrrole nitrogens is 1. The highest BCUT2D eigenvalue weighted by Gasteiger charge is 2.57. The number of urea groups is 1. The summed E-state index contributed by atoms with van der Waals surface area (Å²) in [7, 11) is -5.34. The van der Waals surface area contributed by atoms with Gasteiger partial charge in [-0.25, -0.2) is 18.2 Å². The van der Waals surface area contributed by atoms with Crippen LogP contribution < -0.4 is 0 Å². The van der Waals surface area contributed by atoms with Crippen LogP contribution in [0.5, 0.6) is 0 Å². The van der Waals surface area contributed by atoms with Gasteiger partial charge in [-0.15, -0.1) is 0 Å². The molecule has 7 rings (SSSR count). The highest BCUT2D eigenvalue weighted by Crippen LogP contribution is 2.56. The third-order valence-corrected chi connectivity index (χ3v) is 10.8. The van der Waals surface area contributed by atoms with Crippen molar-refractivity contribution in [3.8, 4) is 0 Å². The molecule has 13 heteroatoms. The van der Waals surface area contributed by atoms with E-state index in [1.165, 1.54) is 25.0 Å². The summed E-state index contributed by atoms with van der Waals surface area (Å²) in [5.41, 5.74) is -4.26. The molecule has 1 aromatic heterocycles. The van der Waals surface area contributed by atoms with E-state index >= 15 is 0 Å². The Kier molecular flexibility index (Phi) is 5.46. The van der Waals surface area contributed by atoms with Crippen LogP contribution in [-0.4, -0.2) is 89.1 Å². The Labute approximate surface area is 224 Å². The molecule has 0 bridgehead atoms. The molecule has 2 saturated carbocycles. The average molecular weight is 565 g/mol. The largest absolute Gasteiger partial charge is 0.501 e. The van der Waals surface area contributed by atoms with E-state index in [0.717, 1.165) is 87.9 Å². The Balaban J connectivity index is 0.863. The molecule has 0 atom stereocenters. The second-order valence-electron chi connectivity index (χ2n) is 12.5. The number of amides is 2. The van der Waals surface area contributed by atoms with Gasteiger partial charge in [0.05, 0.1) is 4.90 Å². The first-order valence-electron chi connectivity index (χ1n) is 13.5. The van der Waals surface area contributed by atoms with Gasteiger partial charge in [0, 0.05) is 61.9 Å². The summed E-state index contributed by atoms with van der Waals surface area (Å²) < 4.78 is 61.5. The van der Waals surface area contributed by atoms with E-state index in [2.05, 4.69) is 15.1 Å². The van der Waals surface area contributed by atoms with Crippen LogP contribution in [0, 0.1) is 10.8 Å². The molecule has 39 heavy (non-hydrogen) atoms. The van der Waals surface area contributed by atoms with Crippen molar-refractivity contribution in [2.45, 2.75) is 60.9 Å². The number of alkyl halides is 3. The number of hydrogen-bond acceptors (Lipinski definition) is 6. The lowest BCUT2D eigenvalue weighted by atomic mass is 9.57. The maximum Gasteiger partial charge on any atom is 0.501 e. The zero-order valence-electron chi connectivity index (χ0n) is 21.5. The van der Waals surface area contributed by atoms with Crippen LogP contribution in [0.2, 0.25) is 0 Å². The highest BCUT2D eigenvalue weighted by molar-refractivity contribution is 7.92. The van der Waals surface area contributed by atoms with Gasteiger partial charge in [0.1, 0.15) is 5.82 Å². The second-order valence-corrected chi connectivity index (χ2v) is 14.4. The molecule has 0 radical (unpaired) electrons. The molecule has 2 amide bonds. The smallest absolute Gasteiger partial charge is 0.323 e. The molecule has 1 aromatic carbocycles. The molecule has 2 aromatic rings. The molecule has 5 aliphatic rings. The van der Waals surface area contributed by atoms with Gasteiger partial charge in [-0.05, 0) is 56.3 Å². The average Bonchev–Trinajstić information content (AvgIpc) is 3.39. The normalized spacial score (nSPS) is 24.6. The van der Waals surface area contributed by atoms with E-state index < -0.39 is 20.2 Å². The molecule has 1 N–H and O–H groups in total. The minimum Gasteiger partial charge on any atom is -0.323 e. The Morgan fingerprint density at radius 2 is 1.62 bits per heavy atom. The SMILES string of the molecule is O=C(N1CC2(CC(c3n[nH]c(C4CC4)n3)C2)C1)N1CC2(CCN(Cc3ccc(S(=O)(=O)C(F)(F)F)cc3)C2)C1. The van der Waals surface area contributed by atoms with E-state index in [1.807, 2.05) is 9.80 Å². The fraction of sp³-hybridized carbons (Fsp3) is 0.654. The number of nitrogens with zero attached hydrogens (tertiary/aromatic N) is 5.